The van der Waals surface area contributed by atoms with E-state index in [0.29, 0.717) is 10.6 Å². The van der Waals surface area contributed by atoms with Gasteiger partial charge in [-0.1, -0.05) is 30.3 Å². The number of esters is 2. The summed E-state index contributed by atoms with van der Waals surface area (Å²) in [6.45, 7) is -0.456. The molecule has 1 amide bonds. The number of nitrogens with one attached hydrogen (secondary N) is 1. The maximum Gasteiger partial charge on any atom is 0.348 e. The van der Waals surface area contributed by atoms with E-state index >= 15 is 0 Å². The van der Waals surface area contributed by atoms with Gasteiger partial charge in [-0.05, 0) is 29.7 Å². The Morgan fingerprint density at radius 3 is 2.50 bits per heavy atom. The molecular formula is C19H15NO5S. The number of hydrogen-bond acceptors (Lipinski definition) is 6. The van der Waals surface area contributed by atoms with Crippen LogP contribution in [-0.4, -0.2) is 31.6 Å². The van der Waals surface area contributed by atoms with Crippen molar-refractivity contribution in [3.63, 3.8) is 0 Å². The molecule has 0 fully saturated rings. The molecule has 3 rings (SSSR count). The Labute approximate surface area is 153 Å². The summed E-state index contributed by atoms with van der Waals surface area (Å²) in [6.07, 6.45) is 0. The van der Waals surface area contributed by atoms with E-state index in [4.69, 9.17) is 4.74 Å². The lowest BCUT2D eigenvalue weighted by atomic mass is 10.2. The smallest absolute Gasteiger partial charge is 0.348 e. The Hall–Kier alpha value is -3.19. The van der Waals surface area contributed by atoms with Crippen LogP contribution < -0.4 is 5.32 Å². The predicted molar refractivity (Wildman–Crippen MR) is 98.5 cm³/mol. The van der Waals surface area contributed by atoms with Crippen LogP contribution >= 0.6 is 11.3 Å². The molecule has 3 aromatic rings. The topological polar surface area (TPSA) is 81.7 Å². The largest absolute Gasteiger partial charge is 0.465 e. The molecule has 132 valence electrons. The zero-order chi connectivity index (χ0) is 18.5. The molecule has 0 spiro atoms. The maximum absolute atomic E-state index is 12.1. The number of methoxy groups -OCH3 is 1. The van der Waals surface area contributed by atoms with Crippen LogP contribution in [0.2, 0.25) is 0 Å². The number of carbonyl (C=O) groups excluding carboxylic acids is 3. The Kier molecular flexibility index (Phi) is 5.28. The number of benzene rings is 2. The summed E-state index contributed by atoms with van der Waals surface area (Å²) in [4.78, 5) is 36.3. The highest BCUT2D eigenvalue weighted by Gasteiger charge is 2.16. The van der Waals surface area contributed by atoms with Crippen LogP contribution in [0.5, 0.6) is 0 Å². The van der Waals surface area contributed by atoms with E-state index in [-0.39, 0.29) is 5.56 Å². The first-order valence-corrected chi connectivity index (χ1v) is 8.53. The second-order valence-electron chi connectivity index (χ2n) is 5.31. The van der Waals surface area contributed by atoms with Crippen molar-refractivity contribution in [2.24, 2.45) is 0 Å². The van der Waals surface area contributed by atoms with Crippen LogP contribution in [0.4, 0.5) is 5.69 Å². The maximum atomic E-state index is 12.1. The molecule has 0 aliphatic rings. The van der Waals surface area contributed by atoms with Gasteiger partial charge in [0.15, 0.2) is 6.61 Å². The van der Waals surface area contributed by atoms with Crippen LogP contribution in [0.25, 0.3) is 10.1 Å². The van der Waals surface area contributed by atoms with E-state index < -0.39 is 24.5 Å². The molecule has 26 heavy (non-hydrogen) atoms. The van der Waals surface area contributed by atoms with Crippen LogP contribution in [0.15, 0.2) is 54.6 Å². The lowest BCUT2D eigenvalue weighted by Crippen LogP contribution is -2.22. The predicted octanol–water partition coefficient (Wildman–Crippen LogP) is 3.48. The molecule has 0 aliphatic carbocycles. The van der Waals surface area contributed by atoms with Gasteiger partial charge in [0, 0.05) is 4.70 Å². The van der Waals surface area contributed by atoms with Gasteiger partial charge in [-0.2, -0.15) is 0 Å². The van der Waals surface area contributed by atoms with Crippen LogP contribution in [-0.2, 0) is 14.3 Å². The molecule has 1 aromatic heterocycles. The van der Waals surface area contributed by atoms with Crippen molar-refractivity contribution in [3.05, 3.63) is 65.0 Å². The number of para-hydroxylation sites is 1. The van der Waals surface area contributed by atoms with E-state index in [9.17, 15) is 14.4 Å². The molecular weight excluding hydrogens is 354 g/mol. The second-order valence-corrected chi connectivity index (χ2v) is 6.39. The number of carbonyl (C=O) groups is 3. The van der Waals surface area contributed by atoms with Gasteiger partial charge in [0.25, 0.3) is 5.91 Å². The molecule has 6 nitrogen and oxygen atoms in total. The number of hydrogen-bond donors (Lipinski definition) is 1. The fraction of sp³-hybridized carbons (Fsp3) is 0.105. The normalized spacial score (nSPS) is 10.3. The fourth-order valence-electron chi connectivity index (χ4n) is 2.35. The van der Waals surface area contributed by atoms with Crippen molar-refractivity contribution in [1.29, 1.82) is 0 Å². The fourth-order valence-corrected chi connectivity index (χ4v) is 3.31. The molecule has 0 atom stereocenters. The van der Waals surface area contributed by atoms with Gasteiger partial charge in [0.2, 0.25) is 0 Å². The van der Waals surface area contributed by atoms with E-state index in [1.54, 1.807) is 24.3 Å². The van der Waals surface area contributed by atoms with E-state index in [2.05, 4.69) is 10.1 Å². The first-order valence-electron chi connectivity index (χ1n) is 7.71. The van der Waals surface area contributed by atoms with E-state index in [0.717, 1.165) is 10.1 Å². The zero-order valence-electron chi connectivity index (χ0n) is 13.9. The Balaban J connectivity index is 1.62. The average Bonchev–Trinajstić information content (AvgIpc) is 3.10. The molecule has 1 N–H and O–H groups in total. The molecule has 0 saturated heterocycles. The van der Waals surface area contributed by atoms with Gasteiger partial charge in [-0.15, -0.1) is 11.3 Å². The van der Waals surface area contributed by atoms with Gasteiger partial charge >= 0.3 is 11.9 Å². The van der Waals surface area contributed by atoms with Crippen molar-refractivity contribution in [1.82, 2.24) is 0 Å². The highest BCUT2D eigenvalue weighted by Crippen LogP contribution is 2.25. The van der Waals surface area contributed by atoms with Gasteiger partial charge in [-0.3, -0.25) is 4.79 Å². The summed E-state index contributed by atoms with van der Waals surface area (Å²) in [5.41, 5.74) is 0.515. The first kappa shape index (κ1) is 17.6. The summed E-state index contributed by atoms with van der Waals surface area (Å²) in [5.74, 6) is -1.68. The first-order chi connectivity index (χ1) is 12.6. The minimum Gasteiger partial charge on any atom is -0.465 e. The number of thiophene rings is 1. The number of rotatable bonds is 5. The number of ether oxygens (including phenoxy) is 2. The summed E-state index contributed by atoms with van der Waals surface area (Å²) in [5, 5.41) is 3.49. The van der Waals surface area contributed by atoms with Crippen LogP contribution in [0.1, 0.15) is 20.0 Å². The average molecular weight is 369 g/mol. The quantitative estimate of drug-likeness (QED) is 0.696. The lowest BCUT2D eigenvalue weighted by molar-refractivity contribution is -0.119. The SMILES string of the molecule is COC(=O)c1ccccc1NC(=O)COC(=O)c1cc2ccccc2s1. The Morgan fingerprint density at radius 2 is 1.73 bits per heavy atom. The molecule has 2 aromatic carbocycles. The van der Waals surface area contributed by atoms with Crippen molar-refractivity contribution >= 4 is 45.0 Å². The monoisotopic (exact) mass is 369 g/mol. The minimum atomic E-state index is -0.567. The van der Waals surface area contributed by atoms with Crippen molar-refractivity contribution in [3.8, 4) is 0 Å². The number of fused-ring (bicyclic) bond motifs is 1. The van der Waals surface area contributed by atoms with Gasteiger partial charge in [-0.25, -0.2) is 9.59 Å². The highest BCUT2D eigenvalue weighted by molar-refractivity contribution is 7.20. The van der Waals surface area contributed by atoms with Gasteiger partial charge in [0.05, 0.1) is 18.4 Å². The van der Waals surface area contributed by atoms with E-state index in [1.807, 2.05) is 24.3 Å². The molecule has 0 radical (unpaired) electrons. The van der Waals surface area contributed by atoms with Crippen molar-refractivity contribution in [2.75, 3.05) is 19.0 Å². The summed E-state index contributed by atoms with van der Waals surface area (Å²) in [6, 6.07) is 15.7. The zero-order valence-corrected chi connectivity index (χ0v) is 14.7. The van der Waals surface area contributed by atoms with Crippen molar-refractivity contribution < 1.29 is 23.9 Å². The minimum absolute atomic E-state index is 0.221. The van der Waals surface area contributed by atoms with Crippen LogP contribution in [0, 0.1) is 0 Å². The summed E-state index contributed by atoms with van der Waals surface area (Å²) >= 11 is 1.30. The Bertz CT molecular complexity index is 946. The molecule has 0 unspecified atom stereocenters. The third-order valence-electron chi connectivity index (χ3n) is 3.57. The third-order valence-corrected chi connectivity index (χ3v) is 4.66. The summed E-state index contributed by atoms with van der Waals surface area (Å²) in [7, 11) is 1.26. The van der Waals surface area contributed by atoms with Gasteiger partial charge in [0.1, 0.15) is 4.88 Å². The number of amides is 1. The van der Waals surface area contributed by atoms with Gasteiger partial charge < -0.3 is 14.8 Å². The molecule has 0 aliphatic heterocycles. The van der Waals surface area contributed by atoms with E-state index in [1.165, 1.54) is 24.5 Å². The third kappa shape index (κ3) is 3.89. The lowest BCUT2D eigenvalue weighted by Gasteiger charge is -2.09. The molecule has 7 heteroatoms. The van der Waals surface area contributed by atoms with Crippen LogP contribution in [0.3, 0.4) is 0 Å². The standard InChI is InChI=1S/C19H15NO5S/c1-24-18(22)13-7-3-4-8-14(13)20-17(21)11-25-19(23)16-10-12-6-2-5-9-15(12)26-16/h2-10H,11H2,1H3,(H,20,21). The number of anilines is 1. The molecule has 0 bridgehead atoms. The second kappa shape index (κ2) is 7.79. The summed E-state index contributed by atoms with van der Waals surface area (Å²) < 4.78 is 10.7. The molecule has 0 saturated carbocycles. The molecule has 1 heterocycles. The highest BCUT2D eigenvalue weighted by atomic mass is 32.1. The van der Waals surface area contributed by atoms with Crippen molar-refractivity contribution in [2.45, 2.75) is 0 Å². The Morgan fingerprint density at radius 1 is 1.00 bits per heavy atom.